The van der Waals surface area contributed by atoms with Crippen molar-refractivity contribution in [3.05, 3.63) is 95.4 Å². The van der Waals surface area contributed by atoms with Crippen LogP contribution in [0.5, 0.6) is 0 Å². The van der Waals surface area contributed by atoms with E-state index in [0.29, 0.717) is 0 Å². The molecule has 0 aliphatic carbocycles. The Kier molecular flexibility index (Phi) is 7.14. The van der Waals surface area contributed by atoms with E-state index in [4.69, 9.17) is 9.47 Å². The number of hydrogen-bond donors (Lipinski definition) is 0. The standard InChI is InChI=1S/C24H23NO4S/c1-17-11-13-18(14-12-17)16-30-21-10-5-4-9-20(21)25-15-7-6-8-19(23(26)28-2)22(25)24(27)29-3/h4-15H,16H2,1-3H3. The molecule has 0 unspecified atom stereocenters. The Morgan fingerprint density at radius 2 is 1.63 bits per heavy atom. The number of thioether (sulfide) groups is 1. The van der Waals surface area contributed by atoms with Crippen LogP contribution in [0.4, 0.5) is 5.69 Å². The van der Waals surface area contributed by atoms with E-state index in [2.05, 4.69) is 31.2 Å². The van der Waals surface area contributed by atoms with Gasteiger partial charge in [0.25, 0.3) is 0 Å². The van der Waals surface area contributed by atoms with E-state index in [1.54, 1.807) is 41.1 Å². The monoisotopic (exact) mass is 421 g/mol. The average Bonchev–Trinajstić information content (AvgIpc) is 3.01. The van der Waals surface area contributed by atoms with Gasteiger partial charge >= 0.3 is 11.9 Å². The maximum atomic E-state index is 12.7. The van der Waals surface area contributed by atoms with Crippen molar-refractivity contribution in [3.8, 4) is 0 Å². The molecule has 2 aromatic carbocycles. The van der Waals surface area contributed by atoms with E-state index in [9.17, 15) is 9.59 Å². The van der Waals surface area contributed by atoms with Crippen molar-refractivity contribution < 1.29 is 19.1 Å². The summed E-state index contributed by atoms with van der Waals surface area (Å²) in [5, 5.41) is 0. The molecule has 0 aromatic heterocycles. The molecule has 0 N–H and O–H groups in total. The van der Waals surface area contributed by atoms with Gasteiger partial charge in [0, 0.05) is 16.8 Å². The normalized spacial score (nSPS) is 13.2. The largest absolute Gasteiger partial charge is 0.465 e. The van der Waals surface area contributed by atoms with Gasteiger partial charge in [-0.1, -0.05) is 48.0 Å². The van der Waals surface area contributed by atoms with E-state index in [0.717, 1.165) is 16.3 Å². The summed E-state index contributed by atoms with van der Waals surface area (Å²) in [5.74, 6) is -0.455. The molecule has 6 heteroatoms. The number of ether oxygens (including phenoxy) is 2. The number of nitrogens with zero attached hydrogens (tertiary/aromatic N) is 1. The number of carbonyl (C=O) groups excluding carboxylic acids is 2. The fraction of sp³-hybridized carbons (Fsp3) is 0.167. The lowest BCUT2D eigenvalue weighted by Gasteiger charge is -2.25. The number of benzene rings is 2. The number of rotatable bonds is 6. The average molecular weight is 422 g/mol. The zero-order valence-corrected chi connectivity index (χ0v) is 17.9. The number of aryl methyl sites for hydroxylation is 1. The van der Waals surface area contributed by atoms with Gasteiger partial charge in [0.2, 0.25) is 0 Å². The fourth-order valence-electron chi connectivity index (χ4n) is 2.97. The number of hydrogen-bond acceptors (Lipinski definition) is 6. The second-order valence-electron chi connectivity index (χ2n) is 6.56. The summed E-state index contributed by atoms with van der Waals surface area (Å²) in [7, 11) is 2.57. The topological polar surface area (TPSA) is 55.8 Å². The zero-order chi connectivity index (χ0) is 21.5. The summed E-state index contributed by atoms with van der Waals surface area (Å²) < 4.78 is 9.87. The minimum Gasteiger partial charge on any atom is -0.465 e. The first-order valence-electron chi connectivity index (χ1n) is 9.37. The van der Waals surface area contributed by atoms with E-state index >= 15 is 0 Å². The first-order valence-corrected chi connectivity index (χ1v) is 10.4. The molecule has 1 heterocycles. The Labute approximate surface area is 180 Å². The van der Waals surface area contributed by atoms with Crippen molar-refractivity contribution in [3.63, 3.8) is 0 Å². The minimum absolute atomic E-state index is 0.109. The van der Waals surface area contributed by atoms with Crippen LogP contribution in [0.2, 0.25) is 0 Å². The van der Waals surface area contributed by atoms with Crippen LogP contribution in [-0.2, 0) is 24.8 Å². The second-order valence-corrected chi connectivity index (χ2v) is 7.58. The van der Waals surface area contributed by atoms with Crippen molar-refractivity contribution in [1.82, 2.24) is 0 Å². The highest BCUT2D eigenvalue weighted by Gasteiger charge is 2.28. The molecular formula is C24H23NO4S. The lowest BCUT2D eigenvalue weighted by atomic mass is 10.1. The molecule has 1 aliphatic heterocycles. The maximum absolute atomic E-state index is 12.7. The molecule has 0 atom stereocenters. The molecule has 0 amide bonds. The quantitative estimate of drug-likeness (QED) is 0.494. The lowest BCUT2D eigenvalue weighted by Crippen LogP contribution is -2.27. The maximum Gasteiger partial charge on any atom is 0.355 e. The van der Waals surface area contributed by atoms with Gasteiger partial charge in [-0.2, -0.15) is 0 Å². The van der Waals surface area contributed by atoms with Gasteiger partial charge < -0.3 is 14.4 Å². The van der Waals surface area contributed by atoms with Crippen molar-refractivity contribution in [2.24, 2.45) is 0 Å². The molecule has 0 saturated heterocycles. The SMILES string of the molecule is COC(=O)C1=C(C(=O)OC)N(c2ccccc2SCc2ccc(C)cc2)C=CC=C1. The third-order valence-corrected chi connectivity index (χ3v) is 5.66. The minimum atomic E-state index is -0.620. The van der Waals surface area contributed by atoms with Crippen LogP contribution < -0.4 is 4.90 Å². The first-order chi connectivity index (χ1) is 14.5. The van der Waals surface area contributed by atoms with Gasteiger partial charge in [0.05, 0.1) is 25.5 Å². The van der Waals surface area contributed by atoms with E-state index in [-0.39, 0.29) is 11.3 Å². The zero-order valence-electron chi connectivity index (χ0n) is 17.1. The van der Waals surface area contributed by atoms with E-state index < -0.39 is 11.9 Å². The number of para-hydroxylation sites is 1. The van der Waals surface area contributed by atoms with Crippen LogP contribution in [0.3, 0.4) is 0 Å². The van der Waals surface area contributed by atoms with Gasteiger partial charge in [0.15, 0.2) is 0 Å². The van der Waals surface area contributed by atoms with Crippen molar-refractivity contribution in [2.45, 2.75) is 17.6 Å². The fourth-order valence-corrected chi connectivity index (χ4v) is 3.98. The van der Waals surface area contributed by atoms with Crippen LogP contribution in [0.15, 0.2) is 89.1 Å². The highest BCUT2D eigenvalue weighted by atomic mass is 32.2. The predicted octanol–water partition coefficient (Wildman–Crippen LogP) is 4.78. The Morgan fingerprint density at radius 3 is 2.33 bits per heavy atom. The van der Waals surface area contributed by atoms with Gasteiger partial charge in [-0.05, 0) is 36.8 Å². The summed E-state index contributed by atoms with van der Waals surface area (Å²) in [6.45, 7) is 2.06. The number of carbonyl (C=O) groups is 2. The molecule has 1 aliphatic rings. The first kappa shape index (κ1) is 21.5. The van der Waals surface area contributed by atoms with Crippen LogP contribution in [-0.4, -0.2) is 26.2 Å². The van der Waals surface area contributed by atoms with Crippen molar-refractivity contribution in [2.75, 3.05) is 19.1 Å². The molecular weight excluding hydrogens is 398 g/mol. The van der Waals surface area contributed by atoms with Crippen LogP contribution in [0.25, 0.3) is 0 Å². The predicted molar refractivity (Wildman–Crippen MR) is 119 cm³/mol. The number of allylic oxidation sites excluding steroid dienone is 2. The molecule has 5 nitrogen and oxygen atoms in total. The molecule has 30 heavy (non-hydrogen) atoms. The molecule has 0 saturated carbocycles. The summed E-state index contributed by atoms with van der Waals surface area (Å²) >= 11 is 1.66. The van der Waals surface area contributed by atoms with Crippen molar-refractivity contribution >= 4 is 29.4 Å². The third kappa shape index (κ3) is 4.83. The smallest absolute Gasteiger partial charge is 0.355 e. The van der Waals surface area contributed by atoms with Gasteiger partial charge in [-0.15, -0.1) is 11.8 Å². The summed E-state index contributed by atoms with van der Waals surface area (Å²) in [6, 6.07) is 16.1. The Bertz CT molecular complexity index is 1020. The van der Waals surface area contributed by atoms with Gasteiger partial charge in [0.1, 0.15) is 5.70 Å². The highest BCUT2D eigenvalue weighted by Crippen LogP contribution is 2.36. The van der Waals surface area contributed by atoms with Gasteiger partial charge in [-0.25, -0.2) is 9.59 Å². The summed E-state index contributed by atoms with van der Waals surface area (Å²) in [6.07, 6.45) is 6.75. The Hall–Kier alpha value is -3.25. The molecule has 0 bridgehead atoms. The second kappa shape index (κ2) is 9.98. The molecule has 3 rings (SSSR count). The van der Waals surface area contributed by atoms with E-state index in [1.165, 1.54) is 25.3 Å². The number of esters is 2. The Balaban J connectivity index is 2.01. The molecule has 0 radical (unpaired) electrons. The lowest BCUT2D eigenvalue weighted by molar-refractivity contribution is -0.139. The summed E-state index contributed by atoms with van der Waals surface area (Å²) in [5.41, 5.74) is 3.43. The molecule has 2 aromatic rings. The molecule has 0 spiro atoms. The van der Waals surface area contributed by atoms with Crippen LogP contribution in [0, 0.1) is 6.92 Å². The molecule has 154 valence electrons. The van der Waals surface area contributed by atoms with Gasteiger partial charge in [-0.3, -0.25) is 0 Å². The number of anilines is 1. The summed E-state index contributed by atoms with van der Waals surface area (Å²) in [4.78, 5) is 27.6. The highest BCUT2D eigenvalue weighted by molar-refractivity contribution is 7.98. The van der Waals surface area contributed by atoms with Crippen molar-refractivity contribution in [1.29, 1.82) is 0 Å². The number of methoxy groups -OCH3 is 2. The van der Waals surface area contributed by atoms with Crippen LogP contribution in [0.1, 0.15) is 11.1 Å². The third-order valence-electron chi connectivity index (χ3n) is 4.53. The molecule has 0 fully saturated rings. The van der Waals surface area contributed by atoms with Crippen LogP contribution >= 0.6 is 11.8 Å². The van der Waals surface area contributed by atoms with E-state index in [1.807, 2.05) is 24.3 Å². The Morgan fingerprint density at radius 1 is 0.933 bits per heavy atom.